The third-order valence-electron chi connectivity index (χ3n) is 7.42. The molecule has 226 valence electrons. The number of benzene rings is 2. The van der Waals surface area contributed by atoms with Crippen LogP contribution >= 0.6 is 0 Å². The molecule has 0 aliphatic heterocycles. The van der Waals surface area contributed by atoms with Gasteiger partial charge in [-0.05, 0) is 80.5 Å². The van der Waals surface area contributed by atoms with Crippen LogP contribution in [0, 0.1) is 5.92 Å². The smallest absolute Gasteiger partial charge is 0.416 e. The van der Waals surface area contributed by atoms with Gasteiger partial charge >= 0.3 is 12.1 Å². The Balaban J connectivity index is 1.46. The third kappa shape index (κ3) is 7.54. The molecular formula is C30H34F3N3O5S. The number of carbonyl (C=O) groups is 1. The summed E-state index contributed by atoms with van der Waals surface area (Å²) >= 11 is 0. The van der Waals surface area contributed by atoms with Gasteiger partial charge in [-0.25, -0.2) is 18.2 Å². The van der Waals surface area contributed by atoms with E-state index in [4.69, 9.17) is 0 Å². The molecule has 0 unspecified atom stereocenters. The molecule has 12 heteroatoms. The molecule has 2 aromatic carbocycles. The number of aromatic nitrogens is 1. The first kappa shape index (κ1) is 31.6. The fourth-order valence-corrected chi connectivity index (χ4v) is 6.68. The summed E-state index contributed by atoms with van der Waals surface area (Å²) in [6.45, 7) is 3.74. The summed E-state index contributed by atoms with van der Waals surface area (Å²) in [5, 5.41) is 23.2. The molecule has 1 aliphatic rings. The standard InChI is InChI=1S/C30H34F3N3O5S/c1-29(2,16-19-11-20-7-4-5-8-21(20)12-19)34-17-24(37)18-36(3)42(40,41)25-14-22(13-23(15-25)30(31,32)33)26-9-6-10-27(35-26)28(38)39/h4-10,13-15,19,24,34,37H,11-12,16-18H2,1-3H3,(H,38,39)/t24-/m1/s1. The first-order valence-corrected chi connectivity index (χ1v) is 14.9. The molecule has 8 nitrogen and oxygen atoms in total. The number of nitrogens with one attached hydrogen (secondary N) is 1. The van der Waals surface area contributed by atoms with Crippen LogP contribution < -0.4 is 5.32 Å². The van der Waals surface area contributed by atoms with Crippen molar-refractivity contribution in [1.82, 2.24) is 14.6 Å². The van der Waals surface area contributed by atoms with Gasteiger partial charge in [0.2, 0.25) is 10.0 Å². The van der Waals surface area contributed by atoms with Crippen LogP contribution in [0.15, 0.2) is 65.6 Å². The Labute approximate surface area is 243 Å². The average molecular weight is 606 g/mol. The second-order valence-corrected chi connectivity index (χ2v) is 13.5. The topological polar surface area (TPSA) is 120 Å². The number of fused-ring (bicyclic) bond motifs is 1. The molecule has 1 aliphatic carbocycles. The predicted molar refractivity (Wildman–Crippen MR) is 151 cm³/mol. The van der Waals surface area contributed by atoms with Crippen molar-refractivity contribution in [1.29, 1.82) is 0 Å². The van der Waals surface area contributed by atoms with E-state index in [-0.39, 0.29) is 29.9 Å². The van der Waals surface area contributed by atoms with Crippen molar-refractivity contribution in [2.45, 2.75) is 55.8 Å². The molecule has 0 spiro atoms. The lowest BCUT2D eigenvalue weighted by molar-refractivity contribution is -0.137. The number of aliphatic hydroxyl groups excluding tert-OH is 1. The molecule has 4 rings (SSSR count). The van der Waals surface area contributed by atoms with Crippen LogP contribution in [0.4, 0.5) is 13.2 Å². The molecule has 42 heavy (non-hydrogen) atoms. The minimum Gasteiger partial charge on any atom is -0.477 e. The molecule has 0 saturated heterocycles. The fraction of sp³-hybridized carbons (Fsp3) is 0.400. The zero-order valence-corrected chi connectivity index (χ0v) is 24.3. The molecule has 0 radical (unpaired) electrons. The van der Waals surface area contributed by atoms with Crippen LogP contribution in [-0.4, -0.2) is 65.7 Å². The quantitative estimate of drug-likeness (QED) is 0.292. The Morgan fingerprint density at radius 2 is 1.71 bits per heavy atom. The van der Waals surface area contributed by atoms with Crippen molar-refractivity contribution >= 4 is 16.0 Å². The number of alkyl halides is 3. The van der Waals surface area contributed by atoms with Crippen LogP contribution in [0.25, 0.3) is 11.3 Å². The van der Waals surface area contributed by atoms with Gasteiger partial charge in [-0.3, -0.25) is 0 Å². The van der Waals surface area contributed by atoms with Crippen molar-refractivity contribution in [2.75, 3.05) is 20.1 Å². The molecule has 0 saturated carbocycles. The second kappa shape index (κ2) is 12.1. The summed E-state index contributed by atoms with van der Waals surface area (Å²) in [6, 6.07) is 14.3. The molecule has 1 aromatic heterocycles. The van der Waals surface area contributed by atoms with E-state index in [2.05, 4.69) is 22.4 Å². The van der Waals surface area contributed by atoms with E-state index in [1.807, 2.05) is 26.0 Å². The number of sulfonamides is 1. The van der Waals surface area contributed by atoms with Crippen LogP contribution in [0.2, 0.25) is 0 Å². The highest BCUT2D eigenvalue weighted by atomic mass is 32.2. The van der Waals surface area contributed by atoms with E-state index < -0.39 is 44.4 Å². The summed E-state index contributed by atoms with van der Waals surface area (Å²) in [5.41, 5.74) is 0.366. The lowest BCUT2D eigenvalue weighted by Crippen LogP contribution is -2.47. The van der Waals surface area contributed by atoms with Crippen LogP contribution in [0.5, 0.6) is 0 Å². The van der Waals surface area contributed by atoms with Crippen molar-refractivity contribution in [3.05, 3.63) is 83.0 Å². The normalized spacial score (nSPS) is 15.1. The van der Waals surface area contributed by atoms with Gasteiger partial charge in [0.1, 0.15) is 5.69 Å². The van der Waals surface area contributed by atoms with E-state index in [9.17, 15) is 36.6 Å². The number of β-amino-alcohol motifs (C(OH)–C–C–N with tert-alkyl or cyclic N) is 1. The van der Waals surface area contributed by atoms with Gasteiger partial charge in [0.05, 0.1) is 22.3 Å². The molecule has 3 aromatic rings. The number of carboxylic acid groups (broad SMARTS) is 1. The van der Waals surface area contributed by atoms with E-state index in [0.29, 0.717) is 12.0 Å². The largest absolute Gasteiger partial charge is 0.477 e. The zero-order chi connectivity index (χ0) is 30.9. The summed E-state index contributed by atoms with van der Waals surface area (Å²) in [5.74, 6) is -0.943. The summed E-state index contributed by atoms with van der Waals surface area (Å²) in [4.78, 5) is 14.5. The highest BCUT2D eigenvalue weighted by Gasteiger charge is 2.34. The number of rotatable bonds is 11. The second-order valence-electron chi connectivity index (χ2n) is 11.4. The Hall–Kier alpha value is -3.32. The molecule has 1 heterocycles. The molecule has 0 bridgehead atoms. The molecule has 0 amide bonds. The number of aromatic carboxylic acids is 1. The first-order chi connectivity index (χ1) is 19.5. The van der Waals surface area contributed by atoms with Gasteiger partial charge in [0.15, 0.2) is 0 Å². The maximum absolute atomic E-state index is 13.7. The van der Waals surface area contributed by atoms with E-state index in [1.165, 1.54) is 36.4 Å². The first-order valence-electron chi connectivity index (χ1n) is 13.4. The van der Waals surface area contributed by atoms with E-state index >= 15 is 0 Å². The molecule has 1 atom stereocenters. The number of hydrogen-bond donors (Lipinski definition) is 3. The molecule has 0 fully saturated rings. The fourth-order valence-electron chi connectivity index (χ4n) is 5.40. The SMILES string of the molecule is CN(C[C@H](O)CNC(C)(C)CC1Cc2ccccc2C1)S(=O)(=O)c1cc(-c2cccc(C(=O)O)n2)cc(C(F)(F)F)c1. The Bertz CT molecular complexity index is 1530. The van der Waals surface area contributed by atoms with E-state index in [1.54, 1.807) is 0 Å². The molecule has 3 N–H and O–H groups in total. The van der Waals surface area contributed by atoms with Crippen LogP contribution in [-0.2, 0) is 29.0 Å². The minimum atomic E-state index is -4.88. The lowest BCUT2D eigenvalue weighted by Gasteiger charge is -2.31. The van der Waals surface area contributed by atoms with Gasteiger partial charge in [-0.1, -0.05) is 30.3 Å². The van der Waals surface area contributed by atoms with Gasteiger partial charge in [-0.2, -0.15) is 17.5 Å². The number of aliphatic hydroxyl groups is 1. The lowest BCUT2D eigenvalue weighted by atomic mass is 9.88. The summed E-state index contributed by atoms with van der Waals surface area (Å²) in [7, 11) is -3.29. The zero-order valence-electron chi connectivity index (χ0n) is 23.5. The van der Waals surface area contributed by atoms with Gasteiger partial charge in [0, 0.05) is 31.2 Å². The van der Waals surface area contributed by atoms with Crippen LogP contribution in [0.3, 0.4) is 0 Å². The van der Waals surface area contributed by atoms with Crippen LogP contribution in [0.1, 0.15) is 47.4 Å². The Kier molecular flexibility index (Phi) is 9.12. The van der Waals surface area contributed by atoms with Gasteiger partial charge < -0.3 is 15.5 Å². The van der Waals surface area contributed by atoms with Gasteiger partial charge in [0.25, 0.3) is 0 Å². The maximum Gasteiger partial charge on any atom is 0.416 e. The van der Waals surface area contributed by atoms with Crippen molar-refractivity contribution in [2.24, 2.45) is 5.92 Å². The third-order valence-corrected chi connectivity index (χ3v) is 9.23. The van der Waals surface area contributed by atoms with E-state index in [0.717, 1.165) is 35.7 Å². The van der Waals surface area contributed by atoms with Crippen molar-refractivity contribution in [3.63, 3.8) is 0 Å². The Morgan fingerprint density at radius 1 is 1.07 bits per heavy atom. The van der Waals surface area contributed by atoms with Gasteiger partial charge in [-0.15, -0.1) is 0 Å². The monoisotopic (exact) mass is 605 g/mol. The number of pyridine rings is 1. The molecular weight excluding hydrogens is 571 g/mol. The van der Waals surface area contributed by atoms with Crippen molar-refractivity contribution < 1.29 is 36.6 Å². The number of nitrogens with zero attached hydrogens (tertiary/aromatic N) is 2. The summed E-state index contributed by atoms with van der Waals surface area (Å²) < 4.78 is 68.7. The highest BCUT2D eigenvalue weighted by Crippen LogP contribution is 2.35. The number of carboxylic acids is 1. The number of hydrogen-bond acceptors (Lipinski definition) is 6. The maximum atomic E-state index is 13.7. The average Bonchev–Trinajstić information content (AvgIpc) is 3.32. The predicted octanol–water partition coefficient (Wildman–Crippen LogP) is 4.62. The Morgan fingerprint density at radius 3 is 2.31 bits per heavy atom. The highest BCUT2D eigenvalue weighted by molar-refractivity contribution is 7.89. The number of likely N-dealkylation sites (N-methyl/N-ethyl adjacent to an activating group) is 1. The minimum absolute atomic E-state index is 0.0757. The summed E-state index contributed by atoms with van der Waals surface area (Å²) in [6.07, 6.45) is -3.23. The number of halogens is 3. The van der Waals surface area contributed by atoms with Crippen molar-refractivity contribution in [3.8, 4) is 11.3 Å².